The Bertz CT molecular complexity index is 873. The fraction of sp³-hybridized carbons (Fsp3) is 0.0769. The highest BCUT2D eigenvalue weighted by Gasteiger charge is 2.34. The van der Waals surface area contributed by atoms with E-state index in [0.717, 1.165) is 16.8 Å². The summed E-state index contributed by atoms with van der Waals surface area (Å²) in [5.74, 6) is 0. The molecule has 0 N–H and O–H groups in total. The maximum absolute atomic E-state index is 13.1. The first kappa shape index (κ1) is 14.0. The summed E-state index contributed by atoms with van der Waals surface area (Å²) in [6.07, 6.45) is -2.38. The smallest absolute Gasteiger partial charge is 0.258 e. The van der Waals surface area contributed by atoms with E-state index in [-0.39, 0.29) is 22.6 Å². The highest BCUT2D eigenvalue weighted by atomic mass is 19.4. The zero-order chi connectivity index (χ0) is 15.9. The molecule has 0 aliphatic heterocycles. The molecule has 3 rings (SSSR count). The van der Waals surface area contributed by atoms with Gasteiger partial charge in [0.05, 0.1) is 16.2 Å². The van der Waals surface area contributed by atoms with Gasteiger partial charge in [-0.1, -0.05) is 18.2 Å². The lowest BCUT2D eigenvalue weighted by Crippen LogP contribution is -2.08. The summed E-state index contributed by atoms with van der Waals surface area (Å²) < 4.78 is 40.4. The summed E-state index contributed by atoms with van der Waals surface area (Å²) in [7, 11) is 0. The average Bonchev–Trinajstić information content (AvgIpc) is 2.90. The molecule has 0 radical (unpaired) electrons. The zero-order valence-corrected chi connectivity index (χ0v) is 10.8. The average molecular weight is 308 g/mol. The molecule has 0 bridgehead atoms. The van der Waals surface area contributed by atoms with Gasteiger partial charge in [0.15, 0.2) is 0 Å². The van der Waals surface area contributed by atoms with Crippen molar-refractivity contribution in [2.45, 2.75) is 6.18 Å². The van der Waals surface area contributed by atoms with E-state index in [4.69, 9.17) is 0 Å². The van der Waals surface area contributed by atoms with E-state index in [1.165, 1.54) is 30.5 Å². The third-order valence-electron chi connectivity index (χ3n) is 3.09. The maximum Gasteiger partial charge on any atom is 0.417 e. The quantitative estimate of drug-likeness (QED) is 0.537. The molecule has 0 saturated carbocycles. The van der Waals surface area contributed by atoms with Gasteiger partial charge < -0.3 is 0 Å². The summed E-state index contributed by atoms with van der Waals surface area (Å²) in [6, 6.07) is 6.28. The maximum atomic E-state index is 13.1. The molecule has 2 aromatic heterocycles. The van der Waals surface area contributed by atoms with Crippen molar-refractivity contribution in [3.63, 3.8) is 0 Å². The topological polar surface area (TPSA) is 73.3 Å². The Balaban J connectivity index is 2.31. The van der Waals surface area contributed by atoms with Crippen LogP contribution in [0.25, 0.3) is 16.9 Å². The Hall–Kier alpha value is -2.97. The van der Waals surface area contributed by atoms with Gasteiger partial charge in [-0.15, -0.1) is 0 Å². The number of nitrogens with zero attached hydrogens (tertiary/aromatic N) is 4. The van der Waals surface area contributed by atoms with Gasteiger partial charge in [-0.3, -0.25) is 10.1 Å². The molecule has 0 aliphatic carbocycles. The first-order valence-corrected chi connectivity index (χ1v) is 6.03. The number of nitro groups is 1. The van der Waals surface area contributed by atoms with Crippen LogP contribution in [-0.2, 0) is 6.18 Å². The zero-order valence-electron chi connectivity index (χ0n) is 10.8. The molecule has 22 heavy (non-hydrogen) atoms. The standard InChI is InChI=1S/C13H7F3N4O2/c14-13(15,16)9-4-2-1-3-8(9)10-5-6-17-12-11(20(21)22)7-18-19(10)12/h1-7H. The van der Waals surface area contributed by atoms with Gasteiger partial charge >= 0.3 is 11.9 Å². The van der Waals surface area contributed by atoms with Gasteiger partial charge in [0, 0.05) is 11.8 Å². The van der Waals surface area contributed by atoms with Crippen molar-refractivity contribution in [3.8, 4) is 11.3 Å². The van der Waals surface area contributed by atoms with Crippen LogP contribution in [-0.4, -0.2) is 19.5 Å². The van der Waals surface area contributed by atoms with Crippen molar-refractivity contribution in [1.82, 2.24) is 14.6 Å². The van der Waals surface area contributed by atoms with Crippen LogP contribution in [0.2, 0.25) is 0 Å². The van der Waals surface area contributed by atoms with Gasteiger partial charge in [0.25, 0.3) is 0 Å². The van der Waals surface area contributed by atoms with Gasteiger partial charge in [-0.2, -0.15) is 18.3 Å². The number of rotatable bonds is 2. The highest BCUT2D eigenvalue weighted by Crippen LogP contribution is 2.37. The molecule has 0 fully saturated rings. The number of halogens is 3. The van der Waals surface area contributed by atoms with E-state index in [1.54, 1.807) is 0 Å². The molecule has 112 valence electrons. The second-order valence-corrected chi connectivity index (χ2v) is 4.40. The third-order valence-corrected chi connectivity index (χ3v) is 3.09. The van der Waals surface area contributed by atoms with Crippen LogP contribution in [0.4, 0.5) is 18.9 Å². The van der Waals surface area contributed by atoms with Crippen molar-refractivity contribution in [2.75, 3.05) is 0 Å². The lowest BCUT2D eigenvalue weighted by atomic mass is 10.0. The predicted octanol–water partition coefficient (Wildman–Crippen LogP) is 3.32. The summed E-state index contributed by atoms with van der Waals surface area (Å²) >= 11 is 0. The van der Waals surface area contributed by atoms with E-state index in [0.29, 0.717) is 0 Å². The molecule has 0 amide bonds. The molecule has 0 spiro atoms. The van der Waals surface area contributed by atoms with Crippen LogP contribution in [0.3, 0.4) is 0 Å². The summed E-state index contributed by atoms with van der Waals surface area (Å²) in [5, 5.41) is 14.7. The largest absolute Gasteiger partial charge is 0.417 e. The van der Waals surface area contributed by atoms with Gasteiger partial charge in [0.2, 0.25) is 5.65 Å². The molecule has 0 saturated heterocycles. The number of hydrogen-bond donors (Lipinski definition) is 0. The third kappa shape index (κ3) is 2.16. The van der Waals surface area contributed by atoms with Crippen LogP contribution < -0.4 is 0 Å². The SMILES string of the molecule is O=[N+]([O-])c1cnn2c(-c3ccccc3C(F)(F)F)ccnc12. The number of hydrogen-bond acceptors (Lipinski definition) is 4. The van der Waals surface area contributed by atoms with Gasteiger partial charge in [-0.25, -0.2) is 9.50 Å². The number of fused-ring (bicyclic) bond motifs is 1. The second-order valence-electron chi connectivity index (χ2n) is 4.40. The minimum absolute atomic E-state index is 0.0750. The molecule has 6 nitrogen and oxygen atoms in total. The van der Waals surface area contributed by atoms with E-state index < -0.39 is 16.7 Å². The van der Waals surface area contributed by atoms with Crippen LogP contribution in [0.15, 0.2) is 42.7 Å². The summed E-state index contributed by atoms with van der Waals surface area (Å²) in [5.41, 5.74) is -1.38. The fourth-order valence-corrected chi connectivity index (χ4v) is 2.17. The molecule has 0 unspecified atom stereocenters. The first-order valence-electron chi connectivity index (χ1n) is 6.03. The van der Waals surface area contributed by atoms with E-state index in [9.17, 15) is 23.3 Å². The Morgan fingerprint density at radius 2 is 1.91 bits per heavy atom. The van der Waals surface area contributed by atoms with Crippen molar-refractivity contribution in [3.05, 3.63) is 58.4 Å². The molecule has 3 aromatic rings. The van der Waals surface area contributed by atoms with Crippen LogP contribution >= 0.6 is 0 Å². The Labute approximate surface area is 121 Å². The van der Waals surface area contributed by atoms with Crippen molar-refractivity contribution < 1.29 is 18.1 Å². The first-order chi connectivity index (χ1) is 10.4. The molecule has 1 aromatic carbocycles. The van der Waals surface area contributed by atoms with Crippen molar-refractivity contribution in [1.29, 1.82) is 0 Å². The second kappa shape index (κ2) is 4.79. The normalized spacial score (nSPS) is 11.8. The molecular weight excluding hydrogens is 301 g/mol. The highest BCUT2D eigenvalue weighted by molar-refractivity contribution is 5.70. The van der Waals surface area contributed by atoms with Crippen LogP contribution in [0.5, 0.6) is 0 Å². The lowest BCUT2D eigenvalue weighted by Gasteiger charge is -2.13. The van der Waals surface area contributed by atoms with E-state index >= 15 is 0 Å². The summed E-state index contributed by atoms with van der Waals surface area (Å²) in [6.45, 7) is 0. The fourth-order valence-electron chi connectivity index (χ4n) is 2.17. The van der Waals surface area contributed by atoms with Crippen LogP contribution in [0.1, 0.15) is 5.56 Å². The molecular formula is C13H7F3N4O2. The monoisotopic (exact) mass is 308 g/mol. The van der Waals surface area contributed by atoms with Crippen molar-refractivity contribution >= 4 is 11.3 Å². The van der Waals surface area contributed by atoms with E-state index in [2.05, 4.69) is 10.1 Å². The molecule has 2 heterocycles. The molecule has 0 aliphatic rings. The summed E-state index contributed by atoms with van der Waals surface area (Å²) in [4.78, 5) is 14.0. The van der Waals surface area contributed by atoms with Crippen molar-refractivity contribution in [2.24, 2.45) is 0 Å². The Kier molecular flexibility index (Phi) is 3.05. The molecule has 0 atom stereocenters. The Morgan fingerprint density at radius 3 is 2.59 bits per heavy atom. The number of alkyl halides is 3. The minimum Gasteiger partial charge on any atom is -0.258 e. The Morgan fingerprint density at radius 1 is 1.18 bits per heavy atom. The van der Waals surface area contributed by atoms with Crippen LogP contribution in [0, 0.1) is 10.1 Å². The van der Waals surface area contributed by atoms with E-state index in [1.807, 2.05) is 0 Å². The van der Waals surface area contributed by atoms with Gasteiger partial charge in [-0.05, 0) is 12.1 Å². The predicted molar refractivity (Wildman–Crippen MR) is 70.1 cm³/mol. The lowest BCUT2D eigenvalue weighted by molar-refractivity contribution is -0.383. The number of benzene rings is 1. The minimum atomic E-state index is -4.55. The molecule has 9 heteroatoms. The van der Waals surface area contributed by atoms with Gasteiger partial charge in [0.1, 0.15) is 6.20 Å². The number of aromatic nitrogens is 3.